The van der Waals surface area contributed by atoms with Crippen molar-refractivity contribution in [2.75, 3.05) is 37.7 Å². The van der Waals surface area contributed by atoms with Crippen LogP contribution in [-0.2, 0) is 9.53 Å². The summed E-state index contributed by atoms with van der Waals surface area (Å²) in [6.07, 6.45) is 1.04. The molecule has 2 aliphatic rings. The molecule has 9 nitrogen and oxygen atoms in total. The molecule has 35 heavy (non-hydrogen) atoms. The van der Waals surface area contributed by atoms with Crippen LogP contribution >= 0.6 is 11.6 Å². The summed E-state index contributed by atoms with van der Waals surface area (Å²) in [5, 5.41) is 13.6. The Labute approximate surface area is 210 Å². The van der Waals surface area contributed by atoms with E-state index >= 15 is 0 Å². The molecule has 1 aliphatic carbocycles. The van der Waals surface area contributed by atoms with Gasteiger partial charge in [-0.15, -0.1) is 0 Å². The molecule has 2 aromatic rings. The molecule has 3 atom stereocenters. The van der Waals surface area contributed by atoms with E-state index in [0.29, 0.717) is 43.3 Å². The van der Waals surface area contributed by atoms with Crippen molar-refractivity contribution in [2.24, 2.45) is 0 Å². The van der Waals surface area contributed by atoms with Gasteiger partial charge in [0, 0.05) is 42.8 Å². The van der Waals surface area contributed by atoms with E-state index in [-0.39, 0.29) is 24.5 Å². The molecule has 2 heterocycles. The highest BCUT2D eigenvalue weighted by atomic mass is 35.5. The number of hydrogen-bond acceptors (Lipinski definition) is 7. The molecule has 0 saturated carbocycles. The number of halogens is 1. The first-order valence-corrected chi connectivity index (χ1v) is 12.4. The number of benzene rings is 1. The van der Waals surface area contributed by atoms with E-state index in [4.69, 9.17) is 16.3 Å². The van der Waals surface area contributed by atoms with Gasteiger partial charge in [-0.3, -0.25) is 4.79 Å². The third kappa shape index (κ3) is 5.67. The fourth-order valence-corrected chi connectivity index (χ4v) is 4.88. The van der Waals surface area contributed by atoms with Crippen LogP contribution in [0.15, 0.2) is 30.6 Å². The molecule has 0 radical (unpaired) electrons. The first-order valence-electron chi connectivity index (χ1n) is 12.0. The minimum absolute atomic E-state index is 0.0615. The standard InChI is InChI=1S/C25H32ClN5O4/c1-15(2)29-25(34)35-13-19(17-4-6-18(26)7-5-17)24(33)31-10-8-30(9-11-31)23-21-16(3)12-20(32)22(21)27-14-28-23/h4-7,14-16,19-20,32H,8-13H2,1-3H3,(H,29,34)/t16-,19-,20-/m1/s1. The lowest BCUT2D eigenvalue weighted by atomic mass is 9.98. The van der Waals surface area contributed by atoms with Crippen molar-refractivity contribution >= 4 is 29.4 Å². The van der Waals surface area contributed by atoms with Gasteiger partial charge in [-0.1, -0.05) is 30.7 Å². The van der Waals surface area contributed by atoms with Crippen LogP contribution in [0.2, 0.25) is 5.02 Å². The van der Waals surface area contributed by atoms with Gasteiger partial charge >= 0.3 is 6.09 Å². The summed E-state index contributed by atoms with van der Waals surface area (Å²) in [4.78, 5) is 38.4. The molecule has 2 N–H and O–H groups in total. The number of amides is 2. The van der Waals surface area contributed by atoms with E-state index in [2.05, 4.69) is 27.1 Å². The Morgan fingerprint density at radius 3 is 2.51 bits per heavy atom. The van der Waals surface area contributed by atoms with Crippen LogP contribution in [0.4, 0.5) is 10.6 Å². The zero-order chi connectivity index (χ0) is 25.1. The molecule has 1 aliphatic heterocycles. The van der Waals surface area contributed by atoms with Gasteiger partial charge in [0.1, 0.15) is 18.8 Å². The summed E-state index contributed by atoms with van der Waals surface area (Å²) >= 11 is 6.04. The van der Waals surface area contributed by atoms with E-state index in [1.807, 2.05) is 13.8 Å². The first kappa shape index (κ1) is 25.2. The topological polar surface area (TPSA) is 108 Å². The van der Waals surface area contributed by atoms with Crippen molar-refractivity contribution in [3.8, 4) is 0 Å². The van der Waals surface area contributed by atoms with Crippen molar-refractivity contribution in [2.45, 2.75) is 51.2 Å². The number of piperazine rings is 1. The number of ether oxygens (including phenoxy) is 1. The van der Waals surface area contributed by atoms with Gasteiger partial charge in [-0.05, 0) is 43.9 Å². The Morgan fingerprint density at radius 2 is 1.86 bits per heavy atom. The summed E-state index contributed by atoms with van der Waals surface area (Å²) in [5.41, 5.74) is 2.46. The van der Waals surface area contributed by atoms with Gasteiger partial charge in [0.2, 0.25) is 5.91 Å². The molecule has 1 fully saturated rings. The molecule has 188 valence electrons. The highest BCUT2D eigenvalue weighted by Crippen LogP contribution is 2.42. The van der Waals surface area contributed by atoms with E-state index in [9.17, 15) is 14.7 Å². The maximum Gasteiger partial charge on any atom is 0.407 e. The molecule has 1 aromatic heterocycles. The number of anilines is 1. The third-order valence-corrected chi connectivity index (χ3v) is 6.78. The third-order valence-electron chi connectivity index (χ3n) is 6.53. The highest BCUT2D eigenvalue weighted by molar-refractivity contribution is 6.30. The van der Waals surface area contributed by atoms with Crippen LogP contribution < -0.4 is 10.2 Å². The maximum absolute atomic E-state index is 13.5. The van der Waals surface area contributed by atoms with Crippen LogP contribution in [-0.4, -0.2) is 70.8 Å². The average Bonchev–Trinajstić information content (AvgIpc) is 3.13. The number of hydrogen-bond donors (Lipinski definition) is 2. The predicted octanol–water partition coefficient (Wildman–Crippen LogP) is 3.24. The number of fused-ring (bicyclic) bond motifs is 1. The maximum atomic E-state index is 13.5. The molecular formula is C25H32ClN5O4. The minimum Gasteiger partial charge on any atom is -0.448 e. The van der Waals surface area contributed by atoms with Gasteiger partial charge in [-0.25, -0.2) is 14.8 Å². The molecule has 2 amide bonds. The Bertz CT molecular complexity index is 1060. The summed E-state index contributed by atoms with van der Waals surface area (Å²) < 4.78 is 5.39. The lowest BCUT2D eigenvalue weighted by Crippen LogP contribution is -2.51. The Kier molecular flexibility index (Phi) is 7.76. The number of carbonyl (C=O) groups is 2. The molecule has 0 bridgehead atoms. The highest BCUT2D eigenvalue weighted by Gasteiger charge is 2.35. The summed E-state index contributed by atoms with van der Waals surface area (Å²) in [6.45, 7) is 7.95. The van der Waals surface area contributed by atoms with Gasteiger partial charge in [-0.2, -0.15) is 0 Å². The SMILES string of the molecule is CC(C)NC(=O)OC[C@@H](C(=O)N1CCN(c2ncnc3c2[C@H](C)C[C@H]3O)CC1)c1ccc(Cl)cc1. The zero-order valence-electron chi connectivity index (χ0n) is 20.3. The van der Waals surface area contributed by atoms with Crippen LogP contribution in [0.1, 0.15) is 62.0 Å². The van der Waals surface area contributed by atoms with Crippen molar-refractivity contribution in [3.63, 3.8) is 0 Å². The van der Waals surface area contributed by atoms with Crippen LogP contribution in [0.3, 0.4) is 0 Å². The minimum atomic E-state index is -0.629. The fourth-order valence-electron chi connectivity index (χ4n) is 4.75. The number of rotatable bonds is 6. The van der Waals surface area contributed by atoms with Crippen LogP contribution in [0, 0.1) is 0 Å². The molecule has 0 spiro atoms. The Hall–Kier alpha value is -2.91. The number of alkyl carbamates (subject to hydrolysis) is 1. The second-order valence-electron chi connectivity index (χ2n) is 9.46. The van der Waals surface area contributed by atoms with Gasteiger partial charge < -0.3 is 25.0 Å². The average molecular weight is 502 g/mol. The van der Waals surface area contributed by atoms with E-state index < -0.39 is 18.1 Å². The summed E-state index contributed by atoms with van der Waals surface area (Å²) in [7, 11) is 0. The van der Waals surface area contributed by atoms with Crippen molar-refractivity contribution in [1.82, 2.24) is 20.2 Å². The number of nitrogens with one attached hydrogen (secondary N) is 1. The Morgan fingerprint density at radius 1 is 1.17 bits per heavy atom. The van der Waals surface area contributed by atoms with Gasteiger partial charge in [0.05, 0.1) is 17.7 Å². The molecule has 1 saturated heterocycles. The zero-order valence-corrected chi connectivity index (χ0v) is 21.0. The van der Waals surface area contributed by atoms with Gasteiger partial charge in [0.15, 0.2) is 0 Å². The van der Waals surface area contributed by atoms with Crippen molar-refractivity contribution in [3.05, 3.63) is 52.4 Å². The molecule has 4 rings (SSSR count). The number of aromatic nitrogens is 2. The quantitative estimate of drug-likeness (QED) is 0.625. The second kappa shape index (κ2) is 10.8. The van der Waals surface area contributed by atoms with Crippen molar-refractivity contribution in [1.29, 1.82) is 0 Å². The van der Waals surface area contributed by atoms with Gasteiger partial charge in [0.25, 0.3) is 0 Å². The lowest BCUT2D eigenvalue weighted by Gasteiger charge is -2.37. The van der Waals surface area contributed by atoms with E-state index in [1.165, 1.54) is 6.33 Å². The predicted molar refractivity (Wildman–Crippen MR) is 133 cm³/mol. The van der Waals surface area contributed by atoms with Crippen LogP contribution in [0.25, 0.3) is 0 Å². The fraction of sp³-hybridized carbons (Fsp3) is 0.520. The summed E-state index contributed by atoms with van der Waals surface area (Å²) in [5.74, 6) is 0.296. The normalized spacial score (nSPS) is 20.5. The molecule has 0 unspecified atom stereocenters. The number of aliphatic hydroxyl groups excluding tert-OH is 1. The number of carbonyl (C=O) groups excluding carboxylic acids is 2. The monoisotopic (exact) mass is 501 g/mol. The molecule has 10 heteroatoms. The van der Waals surface area contributed by atoms with Crippen molar-refractivity contribution < 1.29 is 19.4 Å². The largest absolute Gasteiger partial charge is 0.448 e. The summed E-state index contributed by atoms with van der Waals surface area (Å²) in [6, 6.07) is 6.99. The van der Waals surface area contributed by atoms with E-state index in [0.717, 1.165) is 16.9 Å². The second-order valence-corrected chi connectivity index (χ2v) is 9.90. The van der Waals surface area contributed by atoms with E-state index in [1.54, 1.807) is 29.2 Å². The molecular weight excluding hydrogens is 470 g/mol. The number of nitrogens with zero attached hydrogens (tertiary/aromatic N) is 4. The lowest BCUT2D eigenvalue weighted by molar-refractivity contribution is -0.134. The van der Waals surface area contributed by atoms with Crippen LogP contribution in [0.5, 0.6) is 0 Å². The number of aliphatic hydroxyl groups is 1. The molecule has 1 aromatic carbocycles. The Balaban J connectivity index is 1.46. The first-order chi connectivity index (χ1) is 16.7. The smallest absolute Gasteiger partial charge is 0.407 e.